The van der Waals surface area contributed by atoms with E-state index in [2.05, 4.69) is 109 Å². The van der Waals surface area contributed by atoms with Crippen LogP contribution in [0.2, 0.25) is 0 Å². The number of Topliss-reactive ketones (excluding diaryl/α,β-unsaturated/α-hetero) is 1. The molecule has 41 heavy (non-hydrogen) atoms. The van der Waals surface area contributed by atoms with Crippen molar-refractivity contribution >= 4 is 28.1 Å². The van der Waals surface area contributed by atoms with E-state index in [0.717, 1.165) is 70.2 Å². The van der Waals surface area contributed by atoms with Crippen LogP contribution in [0.5, 0.6) is 0 Å². The van der Waals surface area contributed by atoms with Gasteiger partial charge in [0, 0.05) is 29.9 Å². The van der Waals surface area contributed by atoms with Crippen molar-refractivity contribution in [3.8, 4) is 0 Å². The molecule has 0 unspecified atom stereocenters. The van der Waals surface area contributed by atoms with Gasteiger partial charge < -0.3 is 9.47 Å². The zero-order chi connectivity index (χ0) is 27.4. The molecule has 3 atom stereocenters. The molecule has 8 rings (SSSR count). The largest absolute Gasteiger partial charge is 0.335 e. The number of ether oxygens (including phenoxy) is 2. The molecule has 3 fully saturated rings. The number of ketones is 1. The Morgan fingerprint density at radius 1 is 0.585 bits per heavy atom. The highest BCUT2D eigenvalue weighted by molar-refractivity contribution is 6.32. The minimum absolute atomic E-state index is 0.0781. The van der Waals surface area contributed by atoms with Crippen LogP contribution in [0.25, 0.3) is 22.3 Å². The average Bonchev–Trinajstić information content (AvgIpc) is 3.49. The highest BCUT2D eigenvalue weighted by Crippen LogP contribution is 2.67. The standard InChI is InChI=1S/C38H32O3/c39-31-25-30-23-13-14-24-37(30)40-36(31)38(41-37)34(28-19-9-3-10-20-28)32(26-15-5-1-6-16-26)33(27-17-7-2-8-18-27)35(38)29-21-11-4-12-22-29/h1-12,15-22,30,36H,13-14,23-25H2/t30-,36+,37+/m1/s1. The van der Waals surface area contributed by atoms with Crippen LogP contribution in [0.3, 0.4) is 0 Å². The molecule has 0 amide bonds. The summed E-state index contributed by atoms with van der Waals surface area (Å²) in [4.78, 5) is 14.3. The first-order valence-corrected chi connectivity index (χ1v) is 14.8. The molecule has 4 aliphatic rings. The monoisotopic (exact) mass is 536 g/mol. The summed E-state index contributed by atoms with van der Waals surface area (Å²) >= 11 is 0. The van der Waals surface area contributed by atoms with Crippen LogP contribution in [0.4, 0.5) is 0 Å². The van der Waals surface area contributed by atoms with Gasteiger partial charge in [-0.2, -0.15) is 0 Å². The Labute approximate surface area is 241 Å². The fourth-order valence-electron chi connectivity index (χ4n) is 7.83. The second-order valence-corrected chi connectivity index (χ2v) is 11.7. The van der Waals surface area contributed by atoms with Gasteiger partial charge in [0.05, 0.1) is 0 Å². The SMILES string of the molecule is O=C1C[C@H]2CCCC[C@@]23O[C@@H]1C1(O3)C(c2ccccc2)=C(c2ccccc2)C(c2ccccc2)=C1c1ccccc1. The van der Waals surface area contributed by atoms with E-state index in [4.69, 9.17) is 9.47 Å². The van der Waals surface area contributed by atoms with E-state index in [1.54, 1.807) is 0 Å². The zero-order valence-electron chi connectivity index (χ0n) is 23.0. The molecule has 2 aliphatic carbocycles. The number of carbonyl (C=O) groups excluding carboxylic acids is 1. The van der Waals surface area contributed by atoms with E-state index < -0.39 is 17.5 Å². The molecule has 2 aliphatic heterocycles. The van der Waals surface area contributed by atoms with E-state index in [1.165, 1.54) is 0 Å². The van der Waals surface area contributed by atoms with Crippen molar-refractivity contribution < 1.29 is 14.3 Å². The van der Waals surface area contributed by atoms with Crippen LogP contribution >= 0.6 is 0 Å². The molecule has 2 spiro atoms. The fourth-order valence-corrected chi connectivity index (χ4v) is 7.83. The van der Waals surface area contributed by atoms with Gasteiger partial charge in [-0.15, -0.1) is 0 Å². The van der Waals surface area contributed by atoms with Crippen LogP contribution in [0.1, 0.15) is 54.4 Å². The van der Waals surface area contributed by atoms with Gasteiger partial charge in [-0.3, -0.25) is 4.79 Å². The van der Waals surface area contributed by atoms with E-state index in [0.29, 0.717) is 6.42 Å². The molecule has 4 aromatic carbocycles. The van der Waals surface area contributed by atoms with Crippen LogP contribution < -0.4 is 0 Å². The minimum atomic E-state index is -1.08. The normalized spacial score (nSPS) is 26.5. The lowest BCUT2D eigenvalue weighted by Crippen LogP contribution is -2.48. The molecule has 202 valence electrons. The quantitative estimate of drug-likeness (QED) is 0.264. The Hall–Kier alpha value is -4.05. The number of benzene rings is 4. The molecule has 0 aromatic heterocycles. The number of allylic oxidation sites excluding steroid dienone is 2. The molecule has 3 heteroatoms. The van der Waals surface area contributed by atoms with E-state index >= 15 is 0 Å². The molecule has 3 nitrogen and oxygen atoms in total. The summed E-state index contributed by atoms with van der Waals surface area (Å²) in [6, 6.07) is 42.2. The van der Waals surface area contributed by atoms with Crippen molar-refractivity contribution in [3.63, 3.8) is 0 Å². The Kier molecular flexibility index (Phi) is 5.73. The van der Waals surface area contributed by atoms with Gasteiger partial charge in [-0.1, -0.05) is 128 Å². The third kappa shape index (κ3) is 3.62. The summed E-state index contributed by atoms with van der Waals surface area (Å²) < 4.78 is 14.5. The highest BCUT2D eigenvalue weighted by atomic mass is 16.8. The van der Waals surface area contributed by atoms with E-state index in [9.17, 15) is 4.79 Å². The first-order valence-electron chi connectivity index (χ1n) is 14.8. The topological polar surface area (TPSA) is 35.5 Å². The van der Waals surface area contributed by atoms with Crippen molar-refractivity contribution in [1.29, 1.82) is 0 Å². The maximum absolute atomic E-state index is 14.3. The van der Waals surface area contributed by atoms with Gasteiger partial charge in [-0.25, -0.2) is 0 Å². The van der Waals surface area contributed by atoms with Gasteiger partial charge in [0.15, 0.2) is 23.3 Å². The lowest BCUT2D eigenvalue weighted by atomic mass is 9.74. The van der Waals surface area contributed by atoms with Crippen LogP contribution in [-0.4, -0.2) is 23.3 Å². The van der Waals surface area contributed by atoms with Crippen LogP contribution in [-0.2, 0) is 14.3 Å². The number of carbonyl (C=O) groups is 1. The molecule has 0 N–H and O–H groups in total. The van der Waals surface area contributed by atoms with Gasteiger partial charge >= 0.3 is 0 Å². The Bertz CT molecular complexity index is 1570. The third-order valence-corrected chi connectivity index (χ3v) is 9.45. The number of hydrogen-bond acceptors (Lipinski definition) is 3. The molecule has 2 bridgehead atoms. The average molecular weight is 537 g/mol. The first-order chi connectivity index (χ1) is 20.2. The second-order valence-electron chi connectivity index (χ2n) is 11.7. The summed E-state index contributed by atoms with van der Waals surface area (Å²) in [5, 5.41) is 0. The van der Waals surface area contributed by atoms with E-state index in [1.807, 2.05) is 12.1 Å². The molecule has 2 heterocycles. The molecule has 4 aromatic rings. The number of fused-ring (bicyclic) bond motifs is 2. The lowest BCUT2D eigenvalue weighted by Gasteiger charge is -2.41. The maximum atomic E-state index is 14.3. The van der Waals surface area contributed by atoms with Gasteiger partial charge in [0.1, 0.15) is 0 Å². The maximum Gasteiger partial charge on any atom is 0.174 e. The van der Waals surface area contributed by atoms with Crippen molar-refractivity contribution in [3.05, 3.63) is 144 Å². The number of rotatable bonds is 4. The summed E-state index contributed by atoms with van der Waals surface area (Å²) in [5.74, 6) is -0.534. The molecular weight excluding hydrogens is 504 g/mol. The predicted octanol–water partition coefficient (Wildman–Crippen LogP) is 8.24. The van der Waals surface area contributed by atoms with Crippen molar-refractivity contribution in [1.82, 2.24) is 0 Å². The lowest BCUT2D eigenvalue weighted by molar-refractivity contribution is -0.239. The fraction of sp³-hybridized carbons (Fsp3) is 0.237. The van der Waals surface area contributed by atoms with Crippen molar-refractivity contribution in [2.24, 2.45) is 5.92 Å². The smallest absolute Gasteiger partial charge is 0.174 e. The van der Waals surface area contributed by atoms with Gasteiger partial charge in [0.2, 0.25) is 0 Å². The van der Waals surface area contributed by atoms with Crippen LogP contribution in [0.15, 0.2) is 121 Å². The predicted molar refractivity (Wildman–Crippen MR) is 162 cm³/mol. The first kappa shape index (κ1) is 24.7. The summed E-state index contributed by atoms with van der Waals surface area (Å²) in [5.41, 5.74) is 7.51. The Morgan fingerprint density at radius 2 is 1.05 bits per heavy atom. The zero-order valence-corrected chi connectivity index (χ0v) is 23.0. The summed E-state index contributed by atoms with van der Waals surface area (Å²) in [7, 11) is 0. The molecule has 0 radical (unpaired) electrons. The minimum Gasteiger partial charge on any atom is -0.335 e. The third-order valence-electron chi connectivity index (χ3n) is 9.45. The summed E-state index contributed by atoms with van der Waals surface area (Å²) in [6.07, 6.45) is 3.71. The molecule has 1 saturated carbocycles. The van der Waals surface area contributed by atoms with Gasteiger partial charge in [0.25, 0.3) is 0 Å². The van der Waals surface area contributed by atoms with Gasteiger partial charge in [-0.05, 0) is 46.2 Å². The van der Waals surface area contributed by atoms with E-state index in [-0.39, 0.29) is 11.7 Å². The second kappa shape index (κ2) is 9.51. The molecule has 2 saturated heterocycles. The van der Waals surface area contributed by atoms with Crippen molar-refractivity contribution in [2.75, 3.05) is 0 Å². The highest BCUT2D eigenvalue weighted by Gasteiger charge is 2.70. The Morgan fingerprint density at radius 3 is 1.54 bits per heavy atom. The number of hydrogen-bond donors (Lipinski definition) is 0. The molecular formula is C38H32O3. The van der Waals surface area contributed by atoms with Crippen molar-refractivity contribution in [2.45, 2.75) is 49.6 Å². The van der Waals surface area contributed by atoms with Crippen LogP contribution in [0, 0.1) is 5.92 Å². The summed E-state index contributed by atoms with van der Waals surface area (Å²) in [6.45, 7) is 0. The Balaban J connectivity index is 1.54.